The maximum Gasteiger partial charge on any atom is 0.407 e. The van der Waals surface area contributed by atoms with E-state index in [2.05, 4.69) is 15.2 Å². The molecule has 0 bridgehead atoms. The molecule has 0 spiro atoms. The van der Waals surface area contributed by atoms with Crippen molar-refractivity contribution in [3.63, 3.8) is 0 Å². The molecule has 7 nitrogen and oxygen atoms in total. The molecule has 1 fully saturated rings. The van der Waals surface area contributed by atoms with Gasteiger partial charge >= 0.3 is 6.09 Å². The lowest BCUT2D eigenvalue weighted by Gasteiger charge is -2.32. The van der Waals surface area contributed by atoms with Crippen molar-refractivity contribution in [3.8, 4) is 0 Å². The topological polar surface area (TPSA) is 75.9 Å². The van der Waals surface area contributed by atoms with Crippen LogP contribution >= 0.6 is 0 Å². The summed E-state index contributed by atoms with van der Waals surface area (Å²) in [7, 11) is 0. The van der Waals surface area contributed by atoms with Crippen molar-refractivity contribution in [1.29, 1.82) is 0 Å². The molecule has 0 atom stereocenters. The molecule has 2 aromatic heterocycles. The van der Waals surface area contributed by atoms with Crippen LogP contribution in [-0.4, -0.2) is 45.6 Å². The van der Waals surface area contributed by atoms with Crippen LogP contribution in [0.15, 0.2) is 29.2 Å². The van der Waals surface area contributed by atoms with E-state index < -0.39 is 5.60 Å². The van der Waals surface area contributed by atoms with Gasteiger partial charge in [0.05, 0.1) is 5.69 Å². The molecule has 28 heavy (non-hydrogen) atoms. The van der Waals surface area contributed by atoms with Crippen LogP contribution in [0.2, 0.25) is 0 Å². The molecule has 1 aliphatic heterocycles. The molecule has 7 heteroatoms. The van der Waals surface area contributed by atoms with E-state index in [1.54, 1.807) is 10.5 Å². The largest absolute Gasteiger partial charge is 0.444 e. The molecule has 0 unspecified atom stereocenters. The van der Waals surface area contributed by atoms with Crippen LogP contribution in [0.3, 0.4) is 0 Å². The van der Waals surface area contributed by atoms with Gasteiger partial charge in [-0.25, -0.2) is 9.78 Å². The lowest BCUT2D eigenvalue weighted by atomic mass is 9.97. The molecule has 1 aliphatic rings. The van der Waals surface area contributed by atoms with Gasteiger partial charge in [-0.2, -0.15) is 0 Å². The van der Waals surface area contributed by atoms with Gasteiger partial charge in [-0.15, -0.1) is 0 Å². The molecule has 1 saturated heterocycles. The highest BCUT2D eigenvalue weighted by Crippen LogP contribution is 2.18. The molecule has 2 aromatic rings. The van der Waals surface area contributed by atoms with E-state index in [1.807, 2.05) is 46.0 Å². The molecule has 0 aromatic carbocycles. The number of nitrogens with zero attached hydrogens (tertiary/aromatic N) is 3. The smallest absolute Gasteiger partial charge is 0.407 e. The molecule has 0 saturated carbocycles. The second kappa shape index (κ2) is 8.31. The summed E-state index contributed by atoms with van der Waals surface area (Å²) in [6.45, 7) is 10.7. The first kappa shape index (κ1) is 20.3. The molecular formula is C21H30N4O3. The molecule has 3 heterocycles. The highest BCUT2D eigenvalue weighted by Gasteiger charge is 2.22. The third-order valence-electron chi connectivity index (χ3n) is 4.89. The van der Waals surface area contributed by atoms with Gasteiger partial charge in [-0.1, -0.05) is 6.07 Å². The number of fused-ring (bicyclic) bond motifs is 1. The predicted octanol–water partition coefficient (Wildman–Crippen LogP) is 2.74. The minimum Gasteiger partial charge on any atom is -0.444 e. The molecule has 1 N–H and O–H groups in total. The number of hydrogen-bond acceptors (Lipinski definition) is 5. The second-order valence-electron chi connectivity index (χ2n) is 8.62. The van der Waals surface area contributed by atoms with Gasteiger partial charge in [0.1, 0.15) is 11.2 Å². The van der Waals surface area contributed by atoms with Gasteiger partial charge in [0.25, 0.3) is 5.56 Å². The van der Waals surface area contributed by atoms with E-state index in [4.69, 9.17) is 4.74 Å². The number of carbonyl (C=O) groups excluding carboxylic acids is 1. The van der Waals surface area contributed by atoms with E-state index >= 15 is 0 Å². The lowest BCUT2D eigenvalue weighted by Crippen LogP contribution is -2.40. The number of ether oxygens (including phenoxy) is 1. The van der Waals surface area contributed by atoms with E-state index in [-0.39, 0.29) is 11.7 Å². The standard InChI is InChI=1S/C21H30N4O3/c1-15-5-6-18-23-17(11-19(26)25(18)13-15)14-24-9-7-16(8-10-24)12-22-20(27)28-21(2,3)4/h5-6,11,13,16H,7-10,12,14H2,1-4H3,(H,22,27). The predicted molar refractivity (Wildman–Crippen MR) is 108 cm³/mol. The molecule has 3 rings (SSSR count). The summed E-state index contributed by atoms with van der Waals surface area (Å²) in [5.41, 5.74) is 2.01. The first-order chi connectivity index (χ1) is 13.2. The van der Waals surface area contributed by atoms with E-state index in [0.29, 0.717) is 24.7 Å². The van der Waals surface area contributed by atoms with Crippen molar-refractivity contribution in [2.75, 3.05) is 19.6 Å². The number of carbonyl (C=O) groups is 1. The minimum absolute atomic E-state index is 0.0415. The highest BCUT2D eigenvalue weighted by molar-refractivity contribution is 5.67. The summed E-state index contributed by atoms with van der Waals surface area (Å²) >= 11 is 0. The molecule has 1 amide bonds. The number of aromatic nitrogens is 2. The molecule has 0 radical (unpaired) electrons. The third-order valence-corrected chi connectivity index (χ3v) is 4.89. The molecular weight excluding hydrogens is 356 g/mol. The summed E-state index contributed by atoms with van der Waals surface area (Å²) in [6.07, 6.45) is 3.46. The Morgan fingerprint density at radius 1 is 1.29 bits per heavy atom. The fourth-order valence-electron chi connectivity index (χ4n) is 3.46. The zero-order valence-corrected chi connectivity index (χ0v) is 17.2. The van der Waals surface area contributed by atoms with Gasteiger partial charge in [-0.3, -0.25) is 14.1 Å². The number of amides is 1. The first-order valence-electron chi connectivity index (χ1n) is 9.88. The van der Waals surface area contributed by atoms with Crippen LogP contribution in [0.5, 0.6) is 0 Å². The lowest BCUT2D eigenvalue weighted by molar-refractivity contribution is 0.0509. The van der Waals surface area contributed by atoms with Crippen LogP contribution in [-0.2, 0) is 11.3 Å². The monoisotopic (exact) mass is 386 g/mol. The Bertz CT molecular complexity index is 893. The average molecular weight is 386 g/mol. The SMILES string of the molecule is Cc1ccc2nc(CN3CCC(CNC(=O)OC(C)(C)C)CC3)cc(=O)n2c1. The van der Waals surface area contributed by atoms with Crippen LogP contribution in [0, 0.1) is 12.8 Å². The maximum atomic E-state index is 12.3. The van der Waals surface area contributed by atoms with Gasteiger partial charge in [0, 0.05) is 25.4 Å². The van der Waals surface area contributed by atoms with Gasteiger partial charge in [0.15, 0.2) is 0 Å². The van der Waals surface area contributed by atoms with Crippen LogP contribution < -0.4 is 10.9 Å². The number of aryl methyl sites for hydroxylation is 1. The van der Waals surface area contributed by atoms with Gasteiger partial charge in [0.2, 0.25) is 0 Å². The summed E-state index contributed by atoms with van der Waals surface area (Å²) in [6, 6.07) is 5.48. The number of piperidine rings is 1. The van der Waals surface area contributed by atoms with Crippen molar-refractivity contribution in [2.45, 2.75) is 52.7 Å². The molecule has 152 valence electrons. The highest BCUT2D eigenvalue weighted by atomic mass is 16.6. The first-order valence-corrected chi connectivity index (χ1v) is 9.88. The van der Waals surface area contributed by atoms with Crippen LogP contribution in [0.4, 0.5) is 4.79 Å². The van der Waals surface area contributed by atoms with Crippen LogP contribution in [0.25, 0.3) is 5.65 Å². The van der Waals surface area contributed by atoms with E-state index in [9.17, 15) is 9.59 Å². The number of hydrogen-bond donors (Lipinski definition) is 1. The zero-order valence-electron chi connectivity index (χ0n) is 17.2. The van der Waals surface area contributed by atoms with E-state index in [1.165, 1.54) is 0 Å². The van der Waals surface area contributed by atoms with Crippen LogP contribution in [0.1, 0.15) is 44.9 Å². The van der Waals surface area contributed by atoms with Crippen molar-refractivity contribution < 1.29 is 9.53 Å². The number of pyridine rings is 1. The summed E-state index contributed by atoms with van der Waals surface area (Å²) in [5, 5.41) is 2.87. The average Bonchev–Trinajstić information content (AvgIpc) is 2.60. The van der Waals surface area contributed by atoms with Gasteiger partial charge in [-0.05, 0) is 71.2 Å². The summed E-state index contributed by atoms with van der Waals surface area (Å²) < 4.78 is 6.87. The number of nitrogens with one attached hydrogen (secondary N) is 1. The normalized spacial score (nSPS) is 16.3. The fourth-order valence-corrected chi connectivity index (χ4v) is 3.46. The van der Waals surface area contributed by atoms with Gasteiger partial charge < -0.3 is 10.1 Å². The zero-order chi connectivity index (χ0) is 20.3. The Hall–Kier alpha value is -2.41. The number of alkyl carbamates (subject to hydrolysis) is 1. The Morgan fingerprint density at radius 3 is 2.68 bits per heavy atom. The fraction of sp³-hybridized carbons (Fsp3) is 0.571. The quantitative estimate of drug-likeness (QED) is 0.874. The minimum atomic E-state index is -0.475. The van der Waals surface area contributed by atoms with Crippen molar-refractivity contribution in [2.24, 2.45) is 5.92 Å². The van der Waals surface area contributed by atoms with Crippen molar-refractivity contribution >= 4 is 11.7 Å². The maximum absolute atomic E-state index is 12.3. The Balaban J connectivity index is 1.51. The van der Waals surface area contributed by atoms with E-state index in [0.717, 1.165) is 37.2 Å². The Labute approximate surface area is 165 Å². The molecule has 0 aliphatic carbocycles. The van der Waals surface area contributed by atoms with Crippen molar-refractivity contribution in [3.05, 3.63) is 46.0 Å². The summed E-state index contributed by atoms with van der Waals surface area (Å²) in [5.74, 6) is 0.446. The second-order valence-corrected chi connectivity index (χ2v) is 8.62. The summed E-state index contributed by atoms with van der Waals surface area (Å²) in [4.78, 5) is 31.1. The number of rotatable bonds is 4. The Morgan fingerprint density at radius 2 is 2.00 bits per heavy atom. The third kappa shape index (κ3) is 5.55. The number of likely N-dealkylation sites (tertiary alicyclic amines) is 1. The Kier molecular flexibility index (Phi) is 6.03. The van der Waals surface area contributed by atoms with Crippen molar-refractivity contribution in [1.82, 2.24) is 19.6 Å².